The van der Waals surface area contributed by atoms with Crippen molar-refractivity contribution in [1.29, 1.82) is 0 Å². The normalized spacial score (nSPS) is 16.0. The van der Waals surface area contributed by atoms with E-state index < -0.39 is 0 Å². The fourth-order valence-corrected chi connectivity index (χ4v) is 3.44. The minimum absolute atomic E-state index is 0.0378. The molecule has 1 rings (SSSR count). The highest BCUT2D eigenvalue weighted by molar-refractivity contribution is 6.31. The molecule has 0 saturated carbocycles. The Labute approximate surface area is 133 Å². The van der Waals surface area contributed by atoms with Crippen LogP contribution in [-0.4, -0.2) is 36.6 Å². The van der Waals surface area contributed by atoms with Crippen molar-refractivity contribution in [3.8, 4) is 0 Å². The zero-order valence-electron chi connectivity index (χ0n) is 13.8. The van der Waals surface area contributed by atoms with Gasteiger partial charge in [0.15, 0.2) is 0 Å². The van der Waals surface area contributed by atoms with E-state index in [1.807, 2.05) is 7.05 Å². The van der Waals surface area contributed by atoms with Gasteiger partial charge in [0.2, 0.25) is 0 Å². The highest BCUT2D eigenvalue weighted by Gasteiger charge is 2.36. The predicted molar refractivity (Wildman–Crippen MR) is 89.6 cm³/mol. The lowest BCUT2D eigenvalue weighted by molar-refractivity contribution is 0.0727. The van der Waals surface area contributed by atoms with Crippen molar-refractivity contribution in [2.75, 3.05) is 20.1 Å². The van der Waals surface area contributed by atoms with Gasteiger partial charge in [-0.2, -0.15) is 0 Å². The number of hydrogen-bond acceptors (Lipinski definition) is 2. The molecule has 0 aliphatic heterocycles. The van der Waals surface area contributed by atoms with Gasteiger partial charge >= 0.3 is 0 Å². The minimum atomic E-state index is -0.222. The summed E-state index contributed by atoms with van der Waals surface area (Å²) in [5, 5.41) is 3.89. The van der Waals surface area contributed by atoms with Crippen LogP contribution in [0.15, 0.2) is 18.2 Å². The second-order valence-electron chi connectivity index (χ2n) is 5.63. The Morgan fingerprint density at radius 3 is 2.33 bits per heavy atom. The monoisotopic (exact) mass is 314 g/mol. The zero-order chi connectivity index (χ0) is 16.0. The van der Waals surface area contributed by atoms with Gasteiger partial charge in [-0.25, -0.2) is 4.39 Å². The summed E-state index contributed by atoms with van der Waals surface area (Å²) in [6.07, 6.45) is 1.58. The standard InChI is InChI=1S/C17H28ClFN2/c1-6-17(4,21(7-2)8-3)16(20-5)12-13-14(18)10-9-11-15(13)19/h9-11,16,20H,6-8,12H2,1-5H3. The Hall–Kier alpha value is -0.640. The Kier molecular flexibility index (Phi) is 7.11. The fraction of sp³-hybridized carbons (Fsp3) is 0.647. The highest BCUT2D eigenvalue weighted by Crippen LogP contribution is 2.29. The maximum Gasteiger partial charge on any atom is 0.127 e. The van der Waals surface area contributed by atoms with Gasteiger partial charge in [0.05, 0.1) is 0 Å². The third-order valence-electron chi connectivity index (χ3n) is 4.77. The third-order valence-corrected chi connectivity index (χ3v) is 5.12. The molecule has 0 aromatic heterocycles. The molecule has 0 radical (unpaired) electrons. The van der Waals surface area contributed by atoms with Crippen LogP contribution in [0.5, 0.6) is 0 Å². The van der Waals surface area contributed by atoms with Crippen LogP contribution in [-0.2, 0) is 6.42 Å². The van der Waals surface area contributed by atoms with Crippen molar-refractivity contribution < 1.29 is 4.39 Å². The van der Waals surface area contributed by atoms with Crippen LogP contribution in [0.25, 0.3) is 0 Å². The number of nitrogens with zero attached hydrogens (tertiary/aromatic N) is 1. The molecule has 2 atom stereocenters. The van der Waals surface area contributed by atoms with Crippen molar-refractivity contribution in [1.82, 2.24) is 10.2 Å². The lowest BCUT2D eigenvalue weighted by atomic mass is 9.83. The number of benzene rings is 1. The van der Waals surface area contributed by atoms with E-state index in [0.717, 1.165) is 19.5 Å². The van der Waals surface area contributed by atoms with E-state index in [4.69, 9.17) is 11.6 Å². The van der Waals surface area contributed by atoms with Crippen LogP contribution in [0.4, 0.5) is 4.39 Å². The zero-order valence-corrected chi connectivity index (χ0v) is 14.6. The SMILES string of the molecule is CCN(CC)C(C)(CC)C(Cc1c(F)cccc1Cl)NC. The average Bonchev–Trinajstić information content (AvgIpc) is 2.48. The Balaban J connectivity index is 3.11. The Bertz CT molecular complexity index is 428. The lowest BCUT2D eigenvalue weighted by Gasteiger charge is -2.46. The Morgan fingerprint density at radius 2 is 1.90 bits per heavy atom. The summed E-state index contributed by atoms with van der Waals surface area (Å²) in [6, 6.07) is 5.03. The first-order valence-corrected chi connectivity index (χ1v) is 8.17. The van der Waals surface area contributed by atoms with E-state index in [1.54, 1.807) is 12.1 Å². The van der Waals surface area contributed by atoms with Gasteiger partial charge in [0, 0.05) is 22.2 Å². The maximum absolute atomic E-state index is 14.1. The van der Waals surface area contributed by atoms with Crippen LogP contribution in [0.3, 0.4) is 0 Å². The van der Waals surface area contributed by atoms with Crippen LogP contribution < -0.4 is 5.32 Å². The van der Waals surface area contributed by atoms with Crippen molar-refractivity contribution in [3.05, 3.63) is 34.6 Å². The molecule has 1 N–H and O–H groups in total. The van der Waals surface area contributed by atoms with Crippen LogP contribution in [0.2, 0.25) is 5.02 Å². The van der Waals surface area contributed by atoms with Gasteiger partial charge in [-0.15, -0.1) is 0 Å². The summed E-state index contributed by atoms with van der Waals surface area (Å²) in [5.74, 6) is -0.222. The van der Waals surface area contributed by atoms with Gasteiger partial charge < -0.3 is 5.32 Å². The largest absolute Gasteiger partial charge is 0.315 e. The van der Waals surface area contributed by atoms with Gasteiger partial charge in [0.1, 0.15) is 5.82 Å². The first kappa shape index (κ1) is 18.4. The van der Waals surface area contributed by atoms with Crippen molar-refractivity contribution >= 4 is 11.6 Å². The second-order valence-corrected chi connectivity index (χ2v) is 6.04. The first-order valence-electron chi connectivity index (χ1n) is 7.79. The smallest absolute Gasteiger partial charge is 0.127 e. The molecule has 0 saturated heterocycles. The highest BCUT2D eigenvalue weighted by atomic mass is 35.5. The van der Waals surface area contributed by atoms with E-state index in [1.165, 1.54) is 6.07 Å². The van der Waals surface area contributed by atoms with Crippen molar-refractivity contribution in [3.63, 3.8) is 0 Å². The average molecular weight is 315 g/mol. The van der Waals surface area contributed by atoms with Crippen LogP contribution in [0.1, 0.15) is 39.7 Å². The molecule has 21 heavy (non-hydrogen) atoms. The molecule has 1 aromatic carbocycles. The molecular formula is C17H28ClFN2. The molecule has 2 nitrogen and oxygen atoms in total. The number of rotatable bonds is 8. The lowest BCUT2D eigenvalue weighted by Crippen LogP contribution is -2.59. The summed E-state index contributed by atoms with van der Waals surface area (Å²) in [6.45, 7) is 10.7. The van der Waals surface area contributed by atoms with E-state index in [9.17, 15) is 4.39 Å². The molecule has 0 aliphatic rings. The number of hydrogen-bond donors (Lipinski definition) is 1. The van der Waals surface area contributed by atoms with Crippen molar-refractivity contribution in [2.45, 2.75) is 52.1 Å². The quantitative estimate of drug-likeness (QED) is 0.776. The summed E-state index contributed by atoms with van der Waals surface area (Å²) < 4.78 is 14.1. The minimum Gasteiger partial charge on any atom is -0.315 e. The van der Waals surface area contributed by atoms with Crippen LogP contribution >= 0.6 is 11.6 Å². The van der Waals surface area contributed by atoms with E-state index in [2.05, 4.69) is 37.9 Å². The molecule has 120 valence electrons. The molecule has 0 heterocycles. The van der Waals surface area contributed by atoms with Gasteiger partial charge in [-0.3, -0.25) is 4.90 Å². The van der Waals surface area contributed by atoms with Gasteiger partial charge in [-0.05, 0) is 52.0 Å². The van der Waals surface area contributed by atoms with Crippen molar-refractivity contribution in [2.24, 2.45) is 0 Å². The molecule has 2 unspecified atom stereocenters. The maximum atomic E-state index is 14.1. The van der Waals surface area contributed by atoms with Gasteiger partial charge in [-0.1, -0.05) is 38.4 Å². The predicted octanol–water partition coefficient (Wildman–Crippen LogP) is 4.12. The second kappa shape index (κ2) is 8.11. The molecule has 1 aromatic rings. The first-order chi connectivity index (χ1) is 9.94. The summed E-state index contributed by atoms with van der Waals surface area (Å²) >= 11 is 6.19. The third kappa shape index (κ3) is 3.97. The van der Waals surface area contributed by atoms with E-state index >= 15 is 0 Å². The van der Waals surface area contributed by atoms with Gasteiger partial charge in [0.25, 0.3) is 0 Å². The summed E-state index contributed by atoms with van der Waals surface area (Å²) in [5.41, 5.74) is 0.564. The molecule has 0 aliphatic carbocycles. The Morgan fingerprint density at radius 1 is 1.29 bits per heavy atom. The topological polar surface area (TPSA) is 15.3 Å². The molecule has 0 spiro atoms. The summed E-state index contributed by atoms with van der Waals surface area (Å²) in [4.78, 5) is 2.43. The van der Waals surface area contributed by atoms with E-state index in [0.29, 0.717) is 17.0 Å². The molecule has 0 fully saturated rings. The molecule has 0 bridgehead atoms. The van der Waals surface area contributed by atoms with E-state index in [-0.39, 0.29) is 17.4 Å². The fourth-order valence-electron chi connectivity index (χ4n) is 3.20. The summed E-state index contributed by atoms with van der Waals surface area (Å²) in [7, 11) is 1.94. The number of likely N-dealkylation sites (N-methyl/N-ethyl adjacent to an activating group) is 2. The van der Waals surface area contributed by atoms with Crippen LogP contribution in [0, 0.1) is 5.82 Å². The number of halogens is 2. The number of nitrogens with one attached hydrogen (secondary N) is 1. The molecular weight excluding hydrogens is 287 g/mol. The molecule has 0 amide bonds. The molecule has 4 heteroatoms.